The van der Waals surface area contributed by atoms with E-state index in [-0.39, 0.29) is 12.5 Å². The predicted molar refractivity (Wildman–Crippen MR) is 126 cm³/mol. The van der Waals surface area contributed by atoms with Crippen molar-refractivity contribution in [3.05, 3.63) is 83.1 Å². The lowest BCUT2D eigenvalue weighted by molar-refractivity contribution is -0.141. The predicted octanol–water partition coefficient (Wildman–Crippen LogP) is 4.43. The van der Waals surface area contributed by atoms with Crippen molar-refractivity contribution in [3.8, 4) is 5.75 Å². The van der Waals surface area contributed by atoms with Gasteiger partial charge < -0.3 is 9.47 Å². The molecule has 0 bridgehead atoms. The summed E-state index contributed by atoms with van der Waals surface area (Å²) in [6.45, 7) is 1.94. The van der Waals surface area contributed by atoms with Crippen molar-refractivity contribution >= 4 is 34.9 Å². The van der Waals surface area contributed by atoms with Crippen LogP contribution in [0.1, 0.15) is 24.5 Å². The summed E-state index contributed by atoms with van der Waals surface area (Å²) >= 11 is 1.52. The van der Waals surface area contributed by atoms with Crippen molar-refractivity contribution in [2.24, 2.45) is 4.99 Å². The van der Waals surface area contributed by atoms with E-state index in [2.05, 4.69) is 4.99 Å². The van der Waals surface area contributed by atoms with E-state index >= 15 is 0 Å². The molecule has 0 saturated carbocycles. The second kappa shape index (κ2) is 9.87. The third-order valence-electron chi connectivity index (χ3n) is 5.28. The largest absolute Gasteiger partial charge is 0.496 e. The second-order valence-electron chi connectivity index (χ2n) is 7.36. The molecular formula is C25H24N2O4S. The molecular weight excluding hydrogens is 424 g/mol. The Morgan fingerprint density at radius 1 is 1.19 bits per heavy atom. The van der Waals surface area contributed by atoms with Crippen LogP contribution < -0.4 is 4.74 Å². The third kappa shape index (κ3) is 4.62. The highest BCUT2D eigenvalue weighted by molar-refractivity contribution is 8.14. The first-order valence-corrected chi connectivity index (χ1v) is 11.3. The van der Waals surface area contributed by atoms with Gasteiger partial charge in [0.05, 0.1) is 24.4 Å². The first-order valence-electron chi connectivity index (χ1n) is 10.3. The summed E-state index contributed by atoms with van der Waals surface area (Å²) in [4.78, 5) is 32.1. The van der Waals surface area contributed by atoms with Gasteiger partial charge in [-0.1, -0.05) is 72.4 Å². The van der Waals surface area contributed by atoms with Crippen LogP contribution in [-0.2, 0) is 20.9 Å². The van der Waals surface area contributed by atoms with Gasteiger partial charge in [0.25, 0.3) is 0 Å². The average molecular weight is 449 g/mol. The zero-order valence-corrected chi connectivity index (χ0v) is 18.8. The van der Waals surface area contributed by atoms with Crippen LogP contribution >= 0.6 is 11.8 Å². The summed E-state index contributed by atoms with van der Waals surface area (Å²) in [6.07, 6.45) is 4.11. The summed E-state index contributed by atoms with van der Waals surface area (Å²) in [5, 5.41) is 0.619. The standard InChI is InChI=1S/C25H24N2O4S/c1-17-23(24(29)31-16-18-8-4-3-5-9-18)20(27-22(28)14-15-32-25(27)26-17)13-12-19-10-6-7-11-21(19)30-2/h3-13,20H,14-16H2,1-2H3/b13-12+/t20-/m1/s1. The van der Waals surface area contributed by atoms with Gasteiger partial charge in [-0.3, -0.25) is 9.69 Å². The molecule has 0 aliphatic carbocycles. The van der Waals surface area contributed by atoms with Crippen LogP contribution in [-0.4, -0.2) is 40.8 Å². The summed E-state index contributed by atoms with van der Waals surface area (Å²) in [6, 6.07) is 16.5. The molecule has 7 heteroatoms. The van der Waals surface area contributed by atoms with E-state index in [0.29, 0.717) is 34.4 Å². The molecule has 2 heterocycles. The van der Waals surface area contributed by atoms with Crippen LogP contribution in [0.25, 0.3) is 6.08 Å². The molecule has 32 heavy (non-hydrogen) atoms. The fourth-order valence-corrected chi connectivity index (χ4v) is 4.70. The number of thioether (sulfide) groups is 1. The Hall–Kier alpha value is -3.32. The van der Waals surface area contributed by atoms with E-state index < -0.39 is 12.0 Å². The van der Waals surface area contributed by atoms with Crippen molar-refractivity contribution in [3.63, 3.8) is 0 Å². The zero-order valence-electron chi connectivity index (χ0n) is 18.0. The molecule has 2 aliphatic heterocycles. The molecule has 6 nitrogen and oxygen atoms in total. The molecule has 1 fully saturated rings. The first-order chi connectivity index (χ1) is 15.6. The van der Waals surface area contributed by atoms with Gasteiger partial charge in [-0.25, -0.2) is 9.79 Å². The number of methoxy groups -OCH3 is 1. The maximum Gasteiger partial charge on any atom is 0.338 e. The van der Waals surface area contributed by atoms with Gasteiger partial charge in [0, 0.05) is 17.7 Å². The highest BCUT2D eigenvalue weighted by Crippen LogP contribution is 2.33. The van der Waals surface area contributed by atoms with E-state index in [4.69, 9.17) is 9.47 Å². The number of amidine groups is 1. The van der Waals surface area contributed by atoms with Crippen molar-refractivity contribution in [1.82, 2.24) is 4.90 Å². The highest BCUT2D eigenvalue weighted by Gasteiger charge is 2.39. The molecule has 0 spiro atoms. The van der Waals surface area contributed by atoms with Gasteiger partial charge in [0.1, 0.15) is 12.4 Å². The molecule has 0 radical (unpaired) electrons. The second-order valence-corrected chi connectivity index (χ2v) is 8.43. The molecule has 0 aromatic heterocycles. The number of hydrogen-bond acceptors (Lipinski definition) is 6. The summed E-state index contributed by atoms with van der Waals surface area (Å²) in [7, 11) is 1.61. The van der Waals surface area contributed by atoms with Crippen LogP contribution in [0.3, 0.4) is 0 Å². The first kappa shape index (κ1) is 21.9. The Balaban J connectivity index is 1.67. The number of carbonyl (C=O) groups is 2. The number of hydrogen-bond donors (Lipinski definition) is 0. The van der Waals surface area contributed by atoms with Crippen molar-refractivity contribution in [2.75, 3.05) is 12.9 Å². The van der Waals surface area contributed by atoms with Crippen LogP contribution in [0, 0.1) is 0 Å². The number of fused-ring (bicyclic) bond motifs is 1. The smallest absolute Gasteiger partial charge is 0.338 e. The number of benzene rings is 2. The lowest BCUT2D eigenvalue weighted by Crippen LogP contribution is -2.49. The Morgan fingerprint density at radius 2 is 1.94 bits per heavy atom. The van der Waals surface area contributed by atoms with E-state index in [9.17, 15) is 9.59 Å². The lowest BCUT2D eigenvalue weighted by Gasteiger charge is -2.37. The minimum absolute atomic E-state index is 0.0574. The topological polar surface area (TPSA) is 68.2 Å². The molecule has 1 amide bonds. The fraction of sp³-hybridized carbons (Fsp3) is 0.240. The lowest BCUT2D eigenvalue weighted by atomic mass is 10.00. The molecule has 2 aromatic rings. The number of rotatable bonds is 6. The molecule has 0 unspecified atom stereocenters. The van der Waals surface area contributed by atoms with Crippen molar-refractivity contribution in [2.45, 2.75) is 26.0 Å². The maximum absolute atomic E-state index is 13.2. The number of carbonyl (C=O) groups excluding carboxylic acids is 2. The number of nitrogens with zero attached hydrogens (tertiary/aromatic N) is 2. The van der Waals surface area contributed by atoms with Gasteiger partial charge in [-0.2, -0.15) is 0 Å². The van der Waals surface area contributed by atoms with Gasteiger partial charge in [-0.15, -0.1) is 0 Å². The van der Waals surface area contributed by atoms with Crippen LogP contribution in [0.4, 0.5) is 0 Å². The van der Waals surface area contributed by atoms with Crippen LogP contribution in [0.15, 0.2) is 76.9 Å². The number of aliphatic imine (C=N–C) groups is 1. The number of esters is 1. The normalized spacial score (nSPS) is 18.4. The van der Waals surface area contributed by atoms with Crippen LogP contribution in [0.2, 0.25) is 0 Å². The SMILES string of the molecule is COc1ccccc1/C=C/[C@@H]1C(C(=O)OCc2ccccc2)=C(C)N=C2SCCC(=O)N21. The molecule has 2 aliphatic rings. The number of allylic oxidation sites excluding steroid dienone is 1. The van der Waals surface area contributed by atoms with Crippen LogP contribution in [0.5, 0.6) is 5.75 Å². The maximum atomic E-state index is 13.2. The third-order valence-corrected chi connectivity index (χ3v) is 6.23. The van der Waals surface area contributed by atoms with Gasteiger partial charge in [0.2, 0.25) is 5.91 Å². The molecule has 0 N–H and O–H groups in total. The zero-order chi connectivity index (χ0) is 22.5. The molecule has 1 atom stereocenters. The summed E-state index contributed by atoms with van der Waals surface area (Å²) in [5.41, 5.74) is 2.67. The number of para-hydroxylation sites is 1. The fourth-order valence-electron chi connectivity index (χ4n) is 3.68. The molecule has 2 aromatic carbocycles. The number of amides is 1. The molecule has 4 rings (SSSR count). The highest BCUT2D eigenvalue weighted by atomic mass is 32.2. The Morgan fingerprint density at radius 3 is 2.72 bits per heavy atom. The van der Waals surface area contributed by atoms with E-state index in [1.54, 1.807) is 18.9 Å². The summed E-state index contributed by atoms with van der Waals surface area (Å²) in [5.74, 6) is 0.852. The minimum Gasteiger partial charge on any atom is -0.496 e. The number of ether oxygens (including phenoxy) is 2. The van der Waals surface area contributed by atoms with E-state index in [0.717, 1.165) is 11.1 Å². The Bertz CT molecular complexity index is 1110. The van der Waals surface area contributed by atoms with E-state index in [1.165, 1.54) is 11.8 Å². The molecule has 164 valence electrons. The Labute approximate surface area is 191 Å². The Kier molecular flexibility index (Phi) is 6.75. The van der Waals surface area contributed by atoms with Crippen molar-refractivity contribution in [1.29, 1.82) is 0 Å². The minimum atomic E-state index is -0.601. The molecule has 1 saturated heterocycles. The summed E-state index contributed by atoms with van der Waals surface area (Å²) < 4.78 is 11.0. The van der Waals surface area contributed by atoms with Crippen molar-refractivity contribution < 1.29 is 19.1 Å². The monoisotopic (exact) mass is 448 g/mol. The van der Waals surface area contributed by atoms with Gasteiger partial charge in [-0.05, 0) is 18.6 Å². The van der Waals surface area contributed by atoms with Gasteiger partial charge >= 0.3 is 5.97 Å². The average Bonchev–Trinajstić information content (AvgIpc) is 2.81. The van der Waals surface area contributed by atoms with E-state index in [1.807, 2.05) is 66.7 Å². The van der Waals surface area contributed by atoms with Gasteiger partial charge in [0.15, 0.2) is 5.17 Å². The quantitative estimate of drug-likeness (QED) is 0.612.